The number of halogens is 3. The summed E-state index contributed by atoms with van der Waals surface area (Å²) in [5, 5.41) is 2.02. The normalized spacial score (nSPS) is 10.8. The molecule has 2 aromatic rings. The van der Waals surface area contributed by atoms with Crippen molar-refractivity contribution in [2.45, 2.75) is 0 Å². The van der Waals surface area contributed by atoms with E-state index in [0.717, 1.165) is 6.08 Å². The minimum absolute atomic E-state index is 0.486. The Kier molecular flexibility index (Phi) is 4.27. The Bertz CT molecular complexity index is 691. The third-order valence-electron chi connectivity index (χ3n) is 2.59. The van der Waals surface area contributed by atoms with Crippen LogP contribution in [0.4, 0.5) is 24.5 Å². The van der Waals surface area contributed by atoms with E-state index in [9.17, 15) is 18.0 Å². The van der Waals surface area contributed by atoms with Crippen molar-refractivity contribution in [2.24, 2.45) is 0 Å². The van der Waals surface area contributed by atoms with Crippen molar-refractivity contribution in [3.63, 3.8) is 0 Å². The SMILES string of the molecule is Nc1cccc(/C=C/C(=O)Nc2c(F)cc(F)cc2F)c1. The lowest BCUT2D eigenvalue weighted by Gasteiger charge is -2.05. The maximum Gasteiger partial charge on any atom is 0.248 e. The van der Waals surface area contributed by atoms with Gasteiger partial charge < -0.3 is 11.1 Å². The summed E-state index contributed by atoms with van der Waals surface area (Å²) < 4.78 is 39.4. The van der Waals surface area contributed by atoms with Crippen molar-refractivity contribution < 1.29 is 18.0 Å². The predicted molar refractivity (Wildman–Crippen MR) is 74.8 cm³/mol. The third kappa shape index (κ3) is 3.85. The van der Waals surface area contributed by atoms with E-state index in [0.29, 0.717) is 23.4 Å². The summed E-state index contributed by atoms with van der Waals surface area (Å²) >= 11 is 0. The van der Waals surface area contributed by atoms with Gasteiger partial charge in [0.15, 0.2) is 11.6 Å². The second-order valence-electron chi connectivity index (χ2n) is 4.24. The summed E-state index contributed by atoms with van der Waals surface area (Å²) in [5.41, 5.74) is 6.06. The van der Waals surface area contributed by atoms with Crippen LogP contribution in [0, 0.1) is 17.5 Å². The smallest absolute Gasteiger partial charge is 0.248 e. The summed E-state index contributed by atoms with van der Waals surface area (Å²) in [7, 11) is 0. The van der Waals surface area contributed by atoms with Crippen LogP contribution in [0.1, 0.15) is 5.56 Å². The fourth-order valence-electron chi connectivity index (χ4n) is 1.66. The molecule has 0 aliphatic heterocycles. The van der Waals surface area contributed by atoms with Crippen molar-refractivity contribution in [3.05, 3.63) is 65.5 Å². The van der Waals surface area contributed by atoms with Crippen LogP contribution in [-0.4, -0.2) is 5.91 Å². The molecule has 0 aliphatic carbocycles. The average molecular weight is 292 g/mol. The summed E-state index contributed by atoms with van der Waals surface area (Å²) in [5.74, 6) is -4.17. The molecule has 3 nitrogen and oxygen atoms in total. The highest BCUT2D eigenvalue weighted by Crippen LogP contribution is 2.20. The van der Waals surface area contributed by atoms with Gasteiger partial charge >= 0.3 is 0 Å². The zero-order valence-corrected chi connectivity index (χ0v) is 10.7. The fourth-order valence-corrected chi connectivity index (χ4v) is 1.66. The van der Waals surface area contributed by atoms with Crippen LogP contribution in [0.3, 0.4) is 0 Å². The number of carbonyl (C=O) groups excluding carboxylic acids is 1. The summed E-state index contributed by atoms with van der Waals surface area (Å²) in [6, 6.07) is 7.69. The molecular formula is C15H11F3N2O. The molecule has 3 N–H and O–H groups in total. The van der Waals surface area contributed by atoms with Crippen molar-refractivity contribution in [1.82, 2.24) is 0 Å². The molecule has 0 fully saturated rings. The highest BCUT2D eigenvalue weighted by atomic mass is 19.1. The van der Waals surface area contributed by atoms with E-state index in [-0.39, 0.29) is 0 Å². The maximum atomic E-state index is 13.4. The number of carbonyl (C=O) groups is 1. The van der Waals surface area contributed by atoms with Gasteiger partial charge in [0.05, 0.1) is 0 Å². The predicted octanol–water partition coefficient (Wildman–Crippen LogP) is 3.34. The maximum absolute atomic E-state index is 13.4. The van der Waals surface area contributed by atoms with Gasteiger partial charge in [0.25, 0.3) is 0 Å². The lowest BCUT2D eigenvalue weighted by atomic mass is 10.2. The number of nitrogen functional groups attached to an aromatic ring is 1. The molecule has 0 saturated carbocycles. The topological polar surface area (TPSA) is 55.1 Å². The first-order chi connectivity index (χ1) is 9.95. The first-order valence-corrected chi connectivity index (χ1v) is 5.95. The molecule has 2 aromatic carbocycles. The zero-order chi connectivity index (χ0) is 15.4. The van der Waals surface area contributed by atoms with Gasteiger partial charge in [-0.25, -0.2) is 13.2 Å². The average Bonchev–Trinajstić information content (AvgIpc) is 2.40. The lowest BCUT2D eigenvalue weighted by molar-refractivity contribution is -0.111. The molecule has 2 rings (SSSR count). The minimum atomic E-state index is -1.18. The lowest BCUT2D eigenvalue weighted by Crippen LogP contribution is -2.11. The van der Waals surface area contributed by atoms with Crippen LogP contribution < -0.4 is 11.1 Å². The van der Waals surface area contributed by atoms with Gasteiger partial charge in [-0.15, -0.1) is 0 Å². The van der Waals surface area contributed by atoms with Crippen molar-refractivity contribution in [2.75, 3.05) is 11.1 Å². The van der Waals surface area contributed by atoms with Gasteiger partial charge in [0.2, 0.25) is 5.91 Å². The Morgan fingerprint density at radius 2 is 1.76 bits per heavy atom. The van der Waals surface area contributed by atoms with E-state index in [1.54, 1.807) is 24.3 Å². The second kappa shape index (κ2) is 6.13. The standard InChI is InChI=1S/C15H11F3N2O/c16-10-7-12(17)15(13(18)8-10)20-14(21)5-4-9-2-1-3-11(19)6-9/h1-8H,19H2,(H,20,21)/b5-4+. The Hall–Kier alpha value is -2.76. The fraction of sp³-hybridized carbons (Fsp3) is 0. The van der Waals surface area contributed by atoms with E-state index in [1.807, 2.05) is 5.32 Å². The molecule has 0 radical (unpaired) electrons. The summed E-state index contributed by atoms with van der Waals surface area (Å²) in [6.07, 6.45) is 2.53. The molecule has 108 valence electrons. The molecule has 21 heavy (non-hydrogen) atoms. The number of hydrogen-bond donors (Lipinski definition) is 2. The molecule has 0 aliphatic rings. The number of benzene rings is 2. The summed E-state index contributed by atoms with van der Waals surface area (Å²) in [4.78, 5) is 11.6. The zero-order valence-electron chi connectivity index (χ0n) is 10.7. The Morgan fingerprint density at radius 1 is 1.10 bits per heavy atom. The Labute approximate surface area is 118 Å². The van der Waals surface area contributed by atoms with E-state index >= 15 is 0 Å². The number of anilines is 2. The van der Waals surface area contributed by atoms with E-state index in [2.05, 4.69) is 0 Å². The number of hydrogen-bond acceptors (Lipinski definition) is 2. The monoisotopic (exact) mass is 292 g/mol. The second-order valence-corrected chi connectivity index (χ2v) is 4.24. The summed E-state index contributed by atoms with van der Waals surface area (Å²) in [6.45, 7) is 0. The molecule has 1 amide bonds. The molecule has 0 aromatic heterocycles. The largest absolute Gasteiger partial charge is 0.399 e. The molecular weight excluding hydrogens is 281 g/mol. The highest BCUT2D eigenvalue weighted by Gasteiger charge is 2.12. The van der Waals surface area contributed by atoms with Crippen molar-refractivity contribution >= 4 is 23.4 Å². The molecule has 0 atom stereocenters. The first-order valence-electron chi connectivity index (χ1n) is 5.95. The number of amides is 1. The highest BCUT2D eigenvalue weighted by molar-refractivity contribution is 6.02. The van der Waals surface area contributed by atoms with Gasteiger partial charge in [-0.1, -0.05) is 12.1 Å². The van der Waals surface area contributed by atoms with Crippen LogP contribution in [0.5, 0.6) is 0 Å². The Morgan fingerprint density at radius 3 is 2.38 bits per heavy atom. The van der Waals surface area contributed by atoms with Crippen LogP contribution in [0.15, 0.2) is 42.5 Å². The van der Waals surface area contributed by atoms with E-state index < -0.39 is 29.0 Å². The van der Waals surface area contributed by atoms with Gasteiger partial charge in [0.1, 0.15) is 11.5 Å². The molecule has 0 unspecified atom stereocenters. The van der Waals surface area contributed by atoms with Crippen LogP contribution in [0.25, 0.3) is 6.08 Å². The van der Waals surface area contributed by atoms with Crippen molar-refractivity contribution in [1.29, 1.82) is 0 Å². The van der Waals surface area contributed by atoms with Crippen LogP contribution in [-0.2, 0) is 4.79 Å². The molecule has 0 bridgehead atoms. The number of nitrogens with one attached hydrogen (secondary N) is 1. The number of nitrogens with two attached hydrogens (primary N) is 1. The molecule has 6 heteroatoms. The number of rotatable bonds is 3. The van der Waals surface area contributed by atoms with Gasteiger partial charge in [-0.3, -0.25) is 4.79 Å². The third-order valence-corrected chi connectivity index (χ3v) is 2.59. The van der Waals surface area contributed by atoms with Gasteiger partial charge in [-0.2, -0.15) is 0 Å². The minimum Gasteiger partial charge on any atom is -0.399 e. The Balaban J connectivity index is 2.12. The van der Waals surface area contributed by atoms with Crippen LogP contribution >= 0.6 is 0 Å². The van der Waals surface area contributed by atoms with Gasteiger partial charge in [-0.05, 0) is 23.8 Å². The van der Waals surface area contributed by atoms with Crippen molar-refractivity contribution in [3.8, 4) is 0 Å². The van der Waals surface area contributed by atoms with Gasteiger partial charge in [0, 0.05) is 23.9 Å². The van der Waals surface area contributed by atoms with Crippen LogP contribution in [0.2, 0.25) is 0 Å². The first kappa shape index (κ1) is 14.6. The van der Waals surface area contributed by atoms with E-state index in [1.165, 1.54) is 6.08 Å². The quantitative estimate of drug-likeness (QED) is 0.673. The molecule has 0 spiro atoms. The molecule has 0 heterocycles. The molecule has 0 saturated heterocycles. The van der Waals surface area contributed by atoms with E-state index in [4.69, 9.17) is 5.73 Å².